The third kappa shape index (κ3) is 5.21. The second-order valence-corrected chi connectivity index (χ2v) is 5.05. The fourth-order valence-corrected chi connectivity index (χ4v) is 1.95. The van der Waals surface area contributed by atoms with Crippen LogP contribution in [0.25, 0.3) is 0 Å². The van der Waals surface area contributed by atoms with Gasteiger partial charge in [-0.3, -0.25) is 0 Å². The third-order valence-corrected chi connectivity index (χ3v) is 3.23. The Balaban J connectivity index is 2.52. The molecular formula is C13H18N2O3S. The Morgan fingerprint density at radius 1 is 1.37 bits per heavy atom. The first-order chi connectivity index (χ1) is 9.04. The Bertz CT molecular complexity index is 463. The molecule has 0 saturated carbocycles. The van der Waals surface area contributed by atoms with Gasteiger partial charge in [0.15, 0.2) is 0 Å². The van der Waals surface area contributed by atoms with E-state index in [9.17, 15) is 9.59 Å². The summed E-state index contributed by atoms with van der Waals surface area (Å²) in [5.41, 5.74) is 1.55. The summed E-state index contributed by atoms with van der Waals surface area (Å²) < 4.78 is 0. The van der Waals surface area contributed by atoms with Crippen molar-refractivity contribution >= 4 is 29.4 Å². The number of amides is 2. The summed E-state index contributed by atoms with van der Waals surface area (Å²) in [6.07, 6.45) is 2.94. The predicted molar refractivity (Wildman–Crippen MR) is 78.2 cm³/mol. The fourth-order valence-electron chi connectivity index (χ4n) is 1.52. The Kier molecular flexibility index (Phi) is 6.21. The van der Waals surface area contributed by atoms with Gasteiger partial charge in [0.1, 0.15) is 0 Å². The number of rotatable bonds is 6. The van der Waals surface area contributed by atoms with Crippen molar-refractivity contribution in [3.63, 3.8) is 0 Å². The van der Waals surface area contributed by atoms with E-state index in [0.29, 0.717) is 12.2 Å². The maximum atomic E-state index is 11.6. The average molecular weight is 282 g/mol. The average Bonchev–Trinajstić information content (AvgIpc) is 2.37. The Labute approximate surface area is 116 Å². The molecule has 0 heterocycles. The van der Waals surface area contributed by atoms with Crippen molar-refractivity contribution in [3.8, 4) is 0 Å². The van der Waals surface area contributed by atoms with Gasteiger partial charge in [-0.15, -0.1) is 0 Å². The molecule has 0 bridgehead atoms. The highest BCUT2D eigenvalue weighted by atomic mass is 32.2. The number of benzene rings is 1. The van der Waals surface area contributed by atoms with Crippen LogP contribution in [-0.4, -0.2) is 35.7 Å². The van der Waals surface area contributed by atoms with Gasteiger partial charge in [0, 0.05) is 12.2 Å². The summed E-state index contributed by atoms with van der Waals surface area (Å²) in [6, 6.07) is 4.33. The van der Waals surface area contributed by atoms with E-state index in [1.165, 1.54) is 12.1 Å². The largest absolute Gasteiger partial charge is 0.478 e. The summed E-state index contributed by atoms with van der Waals surface area (Å²) in [5.74, 6) is 0.0308. The molecule has 0 fully saturated rings. The van der Waals surface area contributed by atoms with E-state index in [1.807, 2.05) is 6.26 Å². The quantitative estimate of drug-likeness (QED) is 0.701. The van der Waals surface area contributed by atoms with Gasteiger partial charge in [0.25, 0.3) is 0 Å². The van der Waals surface area contributed by atoms with Crippen LogP contribution in [0.4, 0.5) is 10.5 Å². The van der Waals surface area contributed by atoms with Crippen molar-refractivity contribution in [2.75, 3.05) is 23.9 Å². The van der Waals surface area contributed by atoms with Crippen LogP contribution < -0.4 is 10.6 Å². The van der Waals surface area contributed by atoms with Crippen molar-refractivity contribution in [2.24, 2.45) is 0 Å². The summed E-state index contributed by atoms with van der Waals surface area (Å²) in [6.45, 7) is 2.38. The zero-order valence-corrected chi connectivity index (χ0v) is 11.8. The molecular weight excluding hydrogens is 264 g/mol. The minimum atomic E-state index is -0.976. The van der Waals surface area contributed by atoms with Crippen LogP contribution in [0.5, 0.6) is 0 Å². The van der Waals surface area contributed by atoms with E-state index in [0.717, 1.165) is 17.7 Å². The number of thioether (sulfide) groups is 1. The van der Waals surface area contributed by atoms with Gasteiger partial charge in [-0.05, 0) is 49.1 Å². The topological polar surface area (TPSA) is 78.4 Å². The molecule has 5 nitrogen and oxygen atoms in total. The number of hydrogen-bond acceptors (Lipinski definition) is 3. The number of carbonyl (C=O) groups excluding carboxylic acids is 1. The highest BCUT2D eigenvalue weighted by Crippen LogP contribution is 2.16. The fraction of sp³-hybridized carbons (Fsp3) is 0.385. The molecule has 0 aliphatic carbocycles. The van der Waals surface area contributed by atoms with Crippen LogP contribution >= 0.6 is 11.8 Å². The molecule has 0 saturated heterocycles. The summed E-state index contributed by atoms with van der Waals surface area (Å²) in [4.78, 5) is 22.4. The van der Waals surface area contributed by atoms with Crippen molar-refractivity contribution in [2.45, 2.75) is 13.3 Å². The van der Waals surface area contributed by atoms with Crippen molar-refractivity contribution in [3.05, 3.63) is 29.3 Å². The first-order valence-corrected chi connectivity index (χ1v) is 7.31. The zero-order chi connectivity index (χ0) is 14.3. The minimum absolute atomic E-state index is 0.212. The third-order valence-electron chi connectivity index (χ3n) is 2.53. The van der Waals surface area contributed by atoms with Crippen molar-refractivity contribution < 1.29 is 14.7 Å². The maximum absolute atomic E-state index is 11.6. The minimum Gasteiger partial charge on any atom is -0.478 e. The number of carbonyl (C=O) groups is 2. The maximum Gasteiger partial charge on any atom is 0.335 e. The van der Waals surface area contributed by atoms with Crippen LogP contribution in [0.15, 0.2) is 18.2 Å². The van der Waals surface area contributed by atoms with E-state index in [4.69, 9.17) is 5.11 Å². The summed E-state index contributed by atoms with van der Waals surface area (Å²) >= 11 is 1.74. The lowest BCUT2D eigenvalue weighted by molar-refractivity contribution is 0.0697. The van der Waals surface area contributed by atoms with E-state index >= 15 is 0 Å². The molecule has 3 N–H and O–H groups in total. The molecule has 104 valence electrons. The summed E-state index contributed by atoms with van der Waals surface area (Å²) in [7, 11) is 0. The second kappa shape index (κ2) is 7.68. The standard InChI is InChI=1S/C13H18N2O3S/c1-9-8-10(12(16)17)4-5-11(9)15-13(18)14-6-3-7-19-2/h4-5,8H,3,6-7H2,1-2H3,(H,16,17)(H2,14,15,18). The Morgan fingerprint density at radius 3 is 2.68 bits per heavy atom. The first-order valence-electron chi connectivity index (χ1n) is 5.92. The lowest BCUT2D eigenvalue weighted by Gasteiger charge is -2.10. The van der Waals surface area contributed by atoms with Gasteiger partial charge in [0.05, 0.1) is 5.56 Å². The van der Waals surface area contributed by atoms with Gasteiger partial charge in [0.2, 0.25) is 0 Å². The number of aromatic carboxylic acids is 1. The Hall–Kier alpha value is -1.69. The van der Waals surface area contributed by atoms with Crippen LogP contribution in [0.3, 0.4) is 0 Å². The number of urea groups is 1. The Morgan fingerprint density at radius 2 is 2.11 bits per heavy atom. The molecule has 0 aliphatic heterocycles. The lowest BCUT2D eigenvalue weighted by Crippen LogP contribution is -2.30. The van der Waals surface area contributed by atoms with Gasteiger partial charge < -0.3 is 15.7 Å². The molecule has 0 spiro atoms. The van der Waals surface area contributed by atoms with Gasteiger partial charge in [-0.2, -0.15) is 11.8 Å². The van der Waals surface area contributed by atoms with Gasteiger partial charge >= 0.3 is 12.0 Å². The normalized spacial score (nSPS) is 10.0. The molecule has 1 aromatic rings. The molecule has 19 heavy (non-hydrogen) atoms. The van der Waals surface area contributed by atoms with Gasteiger partial charge in [-0.25, -0.2) is 9.59 Å². The number of hydrogen-bond donors (Lipinski definition) is 3. The van der Waals surface area contributed by atoms with Crippen LogP contribution in [0, 0.1) is 6.92 Å². The van der Waals surface area contributed by atoms with Crippen LogP contribution in [0.1, 0.15) is 22.3 Å². The van der Waals surface area contributed by atoms with Crippen LogP contribution in [-0.2, 0) is 0 Å². The van der Waals surface area contributed by atoms with E-state index in [-0.39, 0.29) is 11.6 Å². The molecule has 6 heteroatoms. The van der Waals surface area contributed by atoms with Gasteiger partial charge in [-0.1, -0.05) is 0 Å². The molecule has 1 aromatic carbocycles. The number of carboxylic acids is 1. The summed E-state index contributed by atoms with van der Waals surface area (Å²) in [5, 5.41) is 14.3. The molecule has 0 aliphatic rings. The SMILES string of the molecule is CSCCCNC(=O)Nc1ccc(C(=O)O)cc1C. The van der Waals surface area contributed by atoms with Crippen LogP contribution in [0.2, 0.25) is 0 Å². The molecule has 2 amide bonds. The van der Waals surface area contributed by atoms with Crippen molar-refractivity contribution in [1.82, 2.24) is 5.32 Å². The van der Waals surface area contributed by atoms with Crippen molar-refractivity contribution in [1.29, 1.82) is 0 Å². The number of nitrogens with one attached hydrogen (secondary N) is 2. The molecule has 0 radical (unpaired) electrons. The lowest BCUT2D eigenvalue weighted by atomic mass is 10.1. The molecule has 1 rings (SSSR count). The number of anilines is 1. The predicted octanol–water partition coefficient (Wildman–Crippen LogP) is 2.57. The zero-order valence-electron chi connectivity index (χ0n) is 11.0. The van der Waals surface area contributed by atoms with E-state index in [1.54, 1.807) is 24.8 Å². The second-order valence-electron chi connectivity index (χ2n) is 4.06. The molecule has 0 atom stereocenters. The smallest absolute Gasteiger partial charge is 0.335 e. The highest BCUT2D eigenvalue weighted by molar-refractivity contribution is 7.98. The first kappa shape index (κ1) is 15.4. The molecule has 0 unspecified atom stereocenters. The monoisotopic (exact) mass is 282 g/mol. The number of aryl methyl sites for hydroxylation is 1. The number of carboxylic acid groups (broad SMARTS) is 1. The van der Waals surface area contributed by atoms with E-state index in [2.05, 4.69) is 10.6 Å². The van der Waals surface area contributed by atoms with E-state index < -0.39 is 5.97 Å². The molecule has 0 aromatic heterocycles. The highest BCUT2D eigenvalue weighted by Gasteiger charge is 2.07.